The number of fused-ring (bicyclic) bond motifs is 5. The fourth-order valence-corrected chi connectivity index (χ4v) is 6.45. The van der Waals surface area contributed by atoms with E-state index in [2.05, 4.69) is 13.0 Å². The van der Waals surface area contributed by atoms with Crippen LogP contribution in [-0.2, 0) is 0 Å². The Morgan fingerprint density at radius 2 is 1.90 bits per heavy atom. The number of hydrogen-bond donors (Lipinski definition) is 2. The van der Waals surface area contributed by atoms with Crippen molar-refractivity contribution in [2.75, 3.05) is 0 Å². The number of hydrogen-bond acceptors (Lipinski definition) is 2. The molecule has 2 N–H and O–H groups in total. The van der Waals surface area contributed by atoms with Crippen molar-refractivity contribution in [2.45, 2.75) is 64.4 Å². The lowest BCUT2D eigenvalue weighted by Gasteiger charge is -2.54. The van der Waals surface area contributed by atoms with Crippen molar-refractivity contribution in [3.8, 4) is 0 Å². The van der Waals surface area contributed by atoms with Crippen molar-refractivity contribution < 1.29 is 10.2 Å². The normalized spacial score (nSPS) is 54.6. The first-order valence-corrected chi connectivity index (χ1v) is 8.65. The lowest BCUT2D eigenvalue weighted by atomic mass is 9.51. The summed E-state index contributed by atoms with van der Waals surface area (Å²) in [5.41, 5.74) is 0.209. The van der Waals surface area contributed by atoms with E-state index in [0.717, 1.165) is 48.9 Å². The zero-order valence-electron chi connectivity index (χ0n) is 12.6. The van der Waals surface area contributed by atoms with E-state index in [-0.39, 0.29) is 11.5 Å². The lowest BCUT2D eigenvalue weighted by Crippen LogP contribution is -2.48. The largest absolute Gasteiger partial charge is 0.513 e. The molecule has 0 radical (unpaired) electrons. The molecule has 0 aliphatic heterocycles. The first kappa shape index (κ1) is 13.2. The first-order chi connectivity index (χ1) is 9.59. The molecule has 0 unspecified atom stereocenters. The molecule has 4 aliphatic carbocycles. The molecule has 2 nitrogen and oxygen atoms in total. The third kappa shape index (κ3) is 1.73. The Bertz CT molecular complexity index is 429. The van der Waals surface area contributed by atoms with Gasteiger partial charge in [-0.2, -0.15) is 0 Å². The van der Waals surface area contributed by atoms with Crippen molar-refractivity contribution in [1.82, 2.24) is 0 Å². The molecular weight excluding hydrogens is 248 g/mol. The highest BCUT2D eigenvalue weighted by atomic mass is 16.3. The molecular formula is C18H28O2. The van der Waals surface area contributed by atoms with Crippen molar-refractivity contribution in [3.05, 3.63) is 11.8 Å². The van der Waals surface area contributed by atoms with Gasteiger partial charge in [0.05, 0.1) is 11.9 Å². The van der Waals surface area contributed by atoms with Crippen LogP contribution < -0.4 is 0 Å². The fraction of sp³-hybridized carbons (Fsp3) is 0.889. The predicted octanol–water partition coefficient (Wildman–Crippen LogP) is 4.05. The maximum absolute atomic E-state index is 10.4. The summed E-state index contributed by atoms with van der Waals surface area (Å²) in [6.07, 6.45) is 11.5. The zero-order valence-corrected chi connectivity index (χ0v) is 12.6. The van der Waals surface area contributed by atoms with Gasteiger partial charge in [-0.05, 0) is 86.0 Å². The van der Waals surface area contributed by atoms with Gasteiger partial charge in [0.15, 0.2) is 0 Å². The van der Waals surface area contributed by atoms with Crippen molar-refractivity contribution in [3.63, 3.8) is 0 Å². The monoisotopic (exact) mass is 276 g/mol. The van der Waals surface area contributed by atoms with E-state index in [1.807, 2.05) is 0 Å². The molecule has 4 aliphatic rings. The minimum absolute atomic E-state index is 0.0542. The van der Waals surface area contributed by atoms with Crippen LogP contribution in [0.2, 0.25) is 0 Å². The van der Waals surface area contributed by atoms with Gasteiger partial charge in [0.1, 0.15) is 0 Å². The summed E-state index contributed by atoms with van der Waals surface area (Å²) in [6.45, 7) is 2.35. The molecule has 0 amide bonds. The SMILES string of the molecule is C[C@]12CC[C@H]3[C@@H](CC[C@H]4CC(O)=CC[C@@H]43)[C@@H]1CC[C@@H]2O. The average molecular weight is 276 g/mol. The fourth-order valence-electron chi connectivity index (χ4n) is 6.45. The van der Waals surface area contributed by atoms with Crippen molar-refractivity contribution >= 4 is 0 Å². The number of allylic oxidation sites excluding steroid dienone is 2. The lowest BCUT2D eigenvalue weighted by molar-refractivity contribution is -0.0757. The molecule has 0 aromatic carbocycles. The summed E-state index contributed by atoms with van der Waals surface area (Å²) in [5, 5.41) is 20.2. The quantitative estimate of drug-likeness (QED) is 0.700. The molecule has 0 spiro atoms. The summed E-state index contributed by atoms with van der Waals surface area (Å²) in [4.78, 5) is 0. The van der Waals surface area contributed by atoms with Crippen LogP contribution in [0, 0.1) is 35.0 Å². The van der Waals surface area contributed by atoms with Gasteiger partial charge < -0.3 is 10.2 Å². The van der Waals surface area contributed by atoms with Crippen LogP contribution in [0.5, 0.6) is 0 Å². The van der Waals surface area contributed by atoms with Gasteiger partial charge in [0.2, 0.25) is 0 Å². The maximum Gasteiger partial charge on any atom is 0.0885 e. The molecule has 112 valence electrons. The summed E-state index contributed by atoms with van der Waals surface area (Å²) in [6, 6.07) is 0. The first-order valence-electron chi connectivity index (χ1n) is 8.65. The second kappa shape index (κ2) is 4.50. The molecule has 0 heterocycles. The highest BCUT2D eigenvalue weighted by Gasteiger charge is 2.56. The van der Waals surface area contributed by atoms with E-state index < -0.39 is 0 Å². The van der Waals surface area contributed by atoms with Gasteiger partial charge in [-0.25, -0.2) is 0 Å². The van der Waals surface area contributed by atoms with Gasteiger partial charge in [-0.1, -0.05) is 6.92 Å². The summed E-state index contributed by atoms with van der Waals surface area (Å²) in [5.74, 6) is 4.66. The standard InChI is InChI=1S/C18H28O2/c1-18-9-8-14-13-5-3-12(19)10-11(13)2-4-15(14)16(18)6-7-17(18)20/h3,11,13-17,19-20H,2,4-10H2,1H3/t11-,13-,14+,15+,16-,17-,18-/m0/s1. The Hall–Kier alpha value is -0.500. The van der Waals surface area contributed by atoms with E-state index in [9.17, 15) is 10.2 Å². The van der Waals surface area contributed by atoms with E-state index in [4.69, 9.17) is 0 Å². The molecule has 7 atom stereocenters. The molecule has 3 fully saturated rings. The van der Waals surface area contributed by atoms with Gasteiger partial charge >= 0.3 is 0 Å². The molecule has 3 saturated carbocycles. The van der Waals surface area contributed by atoms with E-state index in [1.165, 1.54) is 32.1 Å². The third-order valence-corrected chi connectivity index (χ3v) is 7.57. The molecule has 20 heavy (non-hydrogen) atoms. The van der Waals surface area contributed by atoms with Crippen LogP contribution in [0.15, 0.2) is 11.8 Å². The topological polar surface area (TPSA) is 40.5 Å². The minimum atomic E-state index is -0.0542. The smallest absolute Gasteiger partial charge is 0.0885 e. The van der Waals surface area contributed by atoms with E-state index in [0.29, 0.717) is 5.76 Å². The van der Waals surface area contributed by atoms with Gasteiger partial charge in [0.25, 0.3) is 0 Å². The highest BCUT2D eigenvalue weighted by molar-refractivity contribution is 5.09. The van der Waals surface area contributed by atoms with Crippen LogP contribution in [0.4, 0.5) is 0 Å². The van der Waals surface area contributed by atoms with Gasteiger partial charge in [-0.15, -0.1) is 0 Å². The molecule has 0 aromatic heterocycles. The Morgan fingerprint density at radius 1 is 1.05 bits per heavy atom. The minimum Gasteiger partial charge on any atom is -0.513 e. The molecule has 0 saturated heterocycles. The summed E-state index contributed by atoms with van der Waals surface area (Å²) in [7, 11) is 0. The van der Waals surface area contributed by atoms with E-state index in [1.54, 1.807) is 0 Å². The highest BCUT2D eigenvalue weighted by Crippen LogP contribution is 2.62. The van der Waals surface area contributed by atoms with Crippen molar-refractivity contribution in [2.24, 2.45) is 35.0 Å². The van der Waals surface area contributed by atoms with Crippen LogP contribution >= 0.6 is 0 Å². The predicted molar refractivity (Wildman–Crippen MR) is 79.2 cm³/mol. The number of aliphatic hydroxyl groups is 2. The van der Waals surface area contributed by atoms with Crippen LogP contribution in [-0.4, -0.2) is 16.3 Å². The van der Waals surface area contributed by atoms with E-state index >= 15 is 0 Å². The maximum atomic E-state index is 10.4. The zero-order chi connectivity index (χ0) is 13.9. The molecule has 2 heteroatoms. The average Bonchev–Trinajstić information content (AvgIpc) is 2.74. The number of rotatable bonds is 0. The molecule has 4 rings (SSSR count). The van der Waals surface area contributed by atoms with Gasteiger partial charge in [-0.3, -0.25) is 0 Å². The van der Waals surface area contributed by atoms with Gasteiger partial charge in [0, 0.05) is 6.42 Å². The Labute approximate surface area is 122 Å². The summed E-state index contributed by atoms with van der Waals surface area (Å²) >= 11 is 0. The van der Waals surface area contributed by atoms with Crippen LogP contribution in [0.3, 0.4) is 0 Å². The number of aliphatic hydroxyl groups excluding tert-OH is 2. The van der Waals surface area contributed by atoms with Crippen LogP contribution in [0.1, 0.15) is 58.3 Å². The van der Waals surface area contributed by atoms with Crippen LogP contribution in [0.25, 0.3) is 0 Å². The second-order valence-corrected chi connectivity index (χ2v) is 8.21. The third-order valence-electron chi connectivity index (χ3n) is 7.57. The summed E-state index contributed by atoms with van der Waals surface area (Å²) < 4.78 is 0. The Balaban J connectivity index is 1.60. The Morgan fingerprint density at radius 3 is 2.75 bits per heavy atom. The molecule has 0 bridgehead atoms. The molecule has 0 aromatic rings. The second-order valence-electron chi connectivity index (χ2n) is 8.21. The van der Waals surface area contributed by atoms with Crippen molar-refractivity contribution in [1.29, 1.82) is 0 Å². The Kier molecular flexibility index (Phi) is 2.96.